The molecule has 1 unspecified atom stereocenters. The van der Waals surface area contributed by atoms with Crippen molar-refractivity contribution in [1.29, 1.82) is 0 Å². The predicted octanol–water partition coefficient (Wildman–Crippen LogP) is 3.08. The molecule has 9 heteroatoms. The van der Waals surface area contributed by atoms with E-state index in [1.54, 1.807) is 37.4 Å². The van der Waals surface area contributed by atoms with E-state index in [-0.39, 0.29) is 15.9 Å². The number of sulfonamides is 1. The van der Waals surface area contributed by atoms with Crippen molar-refractivity contribution in [2.45, 2.75) is 35.7 Å². The van der Waals surface area contributed by atoms with Crippen molar-refractivity contribution in [2.24, 2.45) is 5.14 Å². The number of hydrogen-bond acceptors (Lipinski definition) is 6. The van der Waals surface area contributed by atoms with Gasteiger partial charge in [-0.15, -0.1) is 0 Å². The Bertz CT molecular complexity index is 1120. The Morgan fingerprint density at radius 1 is 1.25 bits per heavy atom. The molecule has 0 spiro atoms. The third-order valence-corrected chi connectivity index (χ3v) is 6.36. The summed E-state index contributed by atoms with van der Waals surface area (Å²) in [5.41, 5.74) is 1.91. The van der Waals surface area contributed by atoms with E-state index in [2.05, 4.69) is 4.98 Å². The van der Waals surface area contributed by atoms with Crippen LogP contribution in [0.3, 0.4) is 0 Å². The number of aromatic nitrogens is 2. The third kappa shape index (κ3) is 4.06. The van der Waals surface area contributed by atoms with E-state index < -0.39 is 10.0 Å². The average molecular weight is 420 g/mol. The molecular formula is C19H21N3O4S2. The molecule has 3 aromatic rings. The molecule has 148 valence electrons. The molecule has 0 aliphatic heterocycles. The SMILES string of the molecule is CCn1c(SC(C)C(=O)c2ccc(OC)cc2)nc2cc(S(N)(=O)=O)ccc21. The van der Waals surface area contributed by atoms with Gasteiger partial charge >= 0.3 is 0 Å². The maximum atomic E-state index is 12.8. The van der Waals surface area contributed by atoms with Crippen LogP contribution in [0.25, 0.3) is 11.0 Å². The van der Waals surface area contributed by atoms with E-state index in [0.717, 1.165) is 5.52 Å². The molecule has 0 radical (unpaired) electrons. The Morgan fingerprint density at radius 2 is 1.93 bits per heavy atom. The number of nitrogens with zero attached hydrogens (tertiary/aromatic N) is 2. The van der Waals surface area contributed by atoms with Gasteiger partial charge in [0, 0.05) is 12.1 Å². The first-order chi connectivity index (χ1) is 13.2. The van der Waals surface area contributed by atoms with Gasteiger partial charge in [-0.2, -0.15) is 0 Å². The molecule has 2 aromatic carbocycles. The number of ketones is 1. The van der Waals surface area contributed by atoms with Gasteiger partial charge in [0.1, 0.15) is 5.75 Å². The number of nitrogens with two attached hydrogens (primary N) is 1. The van der Waals surface area contributed by atoms with Crippen LogP contribution in [-0.4, -0.2) is 36.1 Å². The highest BCUT2D eigenvalue weighted by Crippen LogP contribution is 2.30. The van der Waals surface area contributed by atoms with Crippen LogP contribution in [0.2, 0.25) is 0 Å². The van der Waals surface area contributed by atoms with Gasteiger partial charge in [-0.1, -0.05) is 11.8 Å². The second kappa shape index (κ2) is 7.94. The lowest BCUT2D eigenvalue weighted by Gasteiger charge is -2.11. The number of primary sulfonamides is 1. The highest BCUT2D eigenvalue weighted by molar-refractivity contribution is 8.00. The molecule has 28 heavy (non-hydrogen) atoms. The van der Waals surface area contributed by atoms with Crippen molar-refractivity contribution < 1.29 is 17.9 Å². The van der Waals surface area contributed by atoms with E-state index in [0.29, 0.717) is 28.5 Å². The van der Waals surface area contributed by atoms with Gasteiger partial charge in [0.15, 0.2) is 10.9 Å². The zero-order valence-corrected chi connectivity index (χ0v) is 17.4. The van der Waals surface area contributed by atoms with Crippen molar-refractivity contribution in [3.8, 4) is 5.75 Å². The van der Waals surface area contributed by atoms with Crippen molar-refractivity contribution in [3.05, 3.63) is 48.0 Å². The molecule has 0 fully saturated rings. The Balaban J connectivity index is 1.90. The van der Waals surface area contributed by atoms with Crippen molar-refractivity contribution in [2.75, 3.05) is 7.11 Å². The zero-order valence-electron chi connectivity index (χ0n) is 15.7. The number of Topliss-reactive ketones (excluding diaryl/α,β-unsaturated/α-hetero) is 1. The minimum atomic E-state index is -3.80. The fourth-order valence-electron chi connectivity index (χ4n) is 2.86. The number of fused-ring (bicyclic) bond motifs is 1. The minimum Gasteiger partial charge on any atom is -0.497 e. The van der Waals surface area contributed by atoms with E-state index in [1.807, 2.05) is 18.4 Å². The summed E-state index contributed by atoms with van der Waals surface area (Å²) in [6.45, 7) is 4.43. The molecule has 2 N–H and O–H groups in total. The number of rotatable bonds is 7. The number of ether oxygens (including phenoxy) is 1. The summed E-state index contributed by atoms with van der Waals surface area (Å²) >= 11 is 1.34. The summed E-state index contributed by atoms with van der Waals surface area (Å²) in [4.78, 5) is 17.3. The van der Waals surface area contributed by atoms with Crippen LogP contribution in [0.15, 0.2) is 52.5 Å². The lowest BCUT2D eigenvalue weighted by molar-refractivity contribution is 0.0994. The van der Waals surface area contributed by atoms with Crippen LogP contribution in [0.5, 0.6) is 5.75 Å². The molecule has 0 saturated carbocycles. The van der Waals surface area contributed by atoms with Gasteiger partial charge < -0.3 is 9.30 Å². The van der Waals surface area contributed by atoms with Gasteiger partial charge in [0.2, 0.25) is 10.0 Å². The number of thioether (sulfide) groups is 1. The van der Waals surface area contributed by atoms with E-state index in [4.69, 9.17) is 9.88 Å². The summed E-state index contributed by atoms with van der Waals surface area (Å²) in [6.07, 6.45) is 0. The smallest absolute Gasteiger partial charge is 0.238 e. The molecule has 3 rings (SSSR count). The number of methoxy groups -OCH3 is 1. The van der Waals surface area contributed by atoms with Gasteiger partial charge in [0.25, 0.3) is 0 Å². The van der Waals surface area contributed by atoms with Crippen LogP contribution in [0.1, 0.15) is 24.2 Å². The Hall–Kier alpha value is -2.36. The molecular weight excluding hydrogens is 398 g/mol. The molecule has 1 heterocycles. The summed E-state index contributed by atoms with van der Waals surface area (Å²) in [5.74, 6) is 0.669. The highest BCUT2D eigenvalue weighted by atomic mass is 32.2. The molecule has 0 bridgehead atoms. The largest absolute Gasteiger partial charge is 0.497 e. The molecule has 0 aliphatic rings. The molecule has 1 aromatic heterocycles. The minimum absolute atomic E-state index is 0.0136. The molecule has 0 aliphatic carbocycles. The van der Waals surface area contributed by atoms with E-state index in [9.17, 15) is 13.2 Å². The Labute approximate surface area is 167 Å². The van der Waals surface area contributed by atoms with E-state index in [1.165, 1.54) is 23.9 Å². The van der Waals surface area contributed by atoms with Crippen molar-refractivity contribution in [3.63, 3.8) is 0 Å². The number of aryl methyl sites for hydroxylation is 1. The van der Waals surface area contributed by atoms with Crippen molar-refractivity contribution in [1.82, 2.24) is 9.55 Å². The van der Waals surface area contributed by atoms with Gasteiger partial charge in [-0.05, 0) is 56.3 Å². The quantitative estimate of drug-likeness (QED) is 0.466. The van der Waals surface area contributed by atoms with Gasteiger partial charge in [-0.3, -0.25) is 4.79 Å². The number of benzene rings is 2. The summed E-state index contributed by atoms with van der Waals surface area (Å²) in [7, 11) is -2.23. The maximum Gasteiger partial charge on any atom is 0.238 e. The van der Waals surface area contributed by atoms with Crippen molar-refractivity contribution >= 4 is 38.6 Å². The lowest BCUT2D eigenvalue weighted by Crippen LogP contribution is -2.14. The topological polar surface area (TPSA) is 104 Å². The first-order valence-electron chi connectivity index (χ1n) is 8.62. The van der Waals surface area contributed by atoms with Gasteiger partial charge in [0.05, 0.1) is 28.3 Å². The van der Waals surface area contributed by atoms with Crippen LogP contribution >= 0.6 is 11.8 Å². The Kier molecular flexibility index (Phi) is 5.78. The molecule has 1 atom stereocenters. The monoisotopic (exact) mass is 419 g/mol. The number of carbonyl (C=O) groups excluding carboxylic acids is 1. The third-order valence-electron chi connectivity index (χ3n) is 4.36. The van der Waals surface area contributed by atoms with Crippen LogP contribution in [-0.2, 0) is 16.6 Å². The van der Waals surface area contributed by atoms with Crippen LogP contribution in [0.4, 0.5) is 0 Å². The second-order valence-corrected chi connectivity index (χ2v) is 9.06. The average Bonchev–Trinajstić information content (AvgIpc) is 3.02. The summed E-state index contributed by atoms with van der Waals surface area (Å²) in [6, 6.07) is 11.6. The standard InChI is InChI=1S/C19H21N3O4S2/c1-4-22-17-10-9-15(28(20,24)25)11-16(17)21-19(22)27-12(2)18(23)13-5-7-14(26-3)8-6-13/h5-12H,4H2,1-3H3,(H2,20,24,25). The zero-order chi connectivity index (χ0) is 20.5. The number of imidazole rings is 1. The van der Waals surface area contributed by atoms with Gasteiger partial charge in [-0.25, -0.2) is 18.5 Å². The predicted molar refractivity (Wildman–Crippen MR) is 109 cm³/mol. The fourth-order valence-corrected chi connectivity index (χ4v) is 4.46. The Morgan fingerprint density at radius 3 is 2.50 bits per heavy atom. The normalized spacial score (nSPS) is 12.9. The second-order valence-electron chi connectivity index (χ2n) is 6.19. The number of hydrogen-bond donors (Lipinski definition) is 1. The first-order valence-corrected chi connectivity index (χ1v) is 11.0. The van der Waals surface area contributed by atoms with Crippen LogP contribution < -0.4 is 9.88 Å². The van der Waals surface area contributed by atoms with E-state index >= 15 is 0 Å². The summed E-state index contributed by atoms with van der Waals surface area (Å²) < 4.78 is 30.3. The van der Waals surface area contributed by atoms with Crippen LogP contribution in [0, 0.1) is 0 Å². The molecule has 0 amide bonds. The first kappa shape index (κ1) is 20.4. The highest BCUT2D eigenvalue weighted by Gasteiger charge is 2.21. The molecule has 7 nitrogen and oxygen atoms in total. The number of carbonyl (C=O) groups is 1. The lowest BCUT2D eigenvalue weighted by atomic mass is 10.1. The summed E-state index contributed by atoms with van der Waals surface area (Å²) in [5, 5.41) is 5.49. The molecule has 0 saturated heterocycles. The maximum absolute atomic E-state index is 12.8. The fraction of sp³-hybridized carbons (Fsp3) is 0.263.